The molecule has 1 aromatic carbocycles. The van der Waals surface area contributed by atoms with Gasteiger partial charge in [-0.15, -0.1) is 0 Å². The van der Waals surface area contributed by atoms with Crippen LogP contribution in [0, 0.1) is 24.2 Å². The van der Waals surface area contributed by atoms with Crippen LogP contribution in [-0.4, -0.2) is 55.1 Å². The summed E-state index contributed by atoms with van der Waals surface area (Å²) >= 11 is 0. The van der Waals surface area contributed by atoms with Gasteiger partial charge in [-0.3, -0.25) is 19.4 Å². The van der Waals surface area contributed by atoms with Crippen LogP contribution >= 0.6 is 0 Å². The Morgan fingerprint density at radius 3 is 2.67 bits per heavy atom. The van der Waals surface area contributed by atoms with Crippen LogP contribution in [-0.2, 0) is 17.9 Å². The lowest BCUT2D eigenvalue weighted by Crippen LogP contribution is -2.47. The normalized spacial score (nSPS) is 20.8. The number of nitriles is 1. The molecular formula is C32H36N6O. The van der Waals surface area contributed by atoms with Gasteiger partial charge in [0.05, 0.1) is 36.5 Å². The van der Waals surface area contributed by atoms with Crippen LogP contribution in [0.15, 0.2) is 54.9 Å². The Bertz CT molecular complexity index is 1460. The lowest BCUT2D eigenvalue weighted by atomic mass is 9.96. The molecule has 0 radical (unpaired) electrons. The SMILES string of the molecule is Cc1ccc(-c2nn3c(c2-c2ccncc2)CN(C(=O)/C=C/CN2CCCC2(C)C)[C@@H](C2CC2)C3)cc1C#N. The predicted octanol–water partition coefficient (Wildman–Crippen LogP) is 5.34. The zero-order valence-electron chi connectivity index (χ0n) is 23.1. The van der Waals surface area contributed by atoms with E-state index in [4.69, 9.17) is 5.10 Å². The van der Waals surface area contributed by atoms with Crippen LogP contribution in [0.3, 0.4) is 0 Å². The molecule has 200 valence electrons. The van der Waals surface area contributed by atoms with Crippen molar-refractivity contribution in [1.29, 1.82) is 5.26 Å². The second-order valence-corrected chi connectivity index (χ2v) is 11.9. The second-order valence-electron chi connectivity index (χ2n) is 11.9. The Morgan fingerprint density at radius 1 is 1.18 bits per heavy atom. The number of fused-ring (bicyclic) bond motifs is 1. The van der Waals surface area contributed by atoms with Gasteiger partial charge in [0.15, 0.2) is 0 Å². The molecule has 1 saturated heterocycles. The zero-order chi connectivity index (χ0) is 27.1. The summed E-state index contributed by atoms with van der Waals surface area (Å²) in [5.74, 6) is 0.607. The van der Waals surface area contributed by atoms with E-state index in [0.717, 1.165) is 59.6 Å². The Labute approximate surface area is 230 Å². The fourth-order valence-electron chi connectivity index (χ4n) is 6.28. The van der Waals surface area contributed by atoms with Crippen molar-refractivity contribution >= 4 is 5.91 Å². The van der Waals surface area contributed by atoms with Crippen molar-refractivity contribution in [1.82, 2.24) is 24.6 Å². The lowest BCUT2D eigenvalue weighted by molar-refractivity contribution is -0.130. The Hall–Kier alpha value is -3.76. The van der Waals surface area contributed by atoms with E-state index in [9.17, 15) is 10.1 Å². The molecule has 1 atom stereocenters. The topological polar surface area (TPSA) is 78.1 Å². The number of carbonyl (C=O) groups excluding carboxylic acids is 1. The predicted molar refractivity (Wildman–Crippen MR) is 151 cm³/mol. The summed E-state index contributed by atoms with van der Waals surface area (Å²) in [5, 5.41) is 14.8. The summed E-state index contributed by atoms with van der Waals surface area (Å²) < 4.78 is 2.11. The molecule has 3 aromatic rings. The molecule has 3 aliphatic rings. The molecule has 0 bridgehead atoms. The third kappa shape index (κ3) is 4.90. The number of likely N-dealkylation sites (tertiary alicyclic amines) is 1. The number of pyridine rings is 1. The number of hydrogen-bond acceptors (Lipinski definition) is 5. The van der Waals surface area contributed by atoms with E-state index in [0.29, 0.717) is 24.6 Å². The molecule has 6 rings (SSSR count). The molecule has 1 amide bonds. The van der Waals surface area contributed by atoms with Crippen LogP contribution < -0.4 is 0 Å². The van der Waals surface area contributed by atoms with E-state index in [-0.39, 0.29) is 17.5 Å². The molecule has 0 spiro atoms. The van der Waals surface area contributed by atoms with Gasteiger partial charge in [0, 0.05) is 41.7 Å². The van der Waals surface area contributed by atoms with Gasteiger partial charge in [-0.25, -0.2) is 0 Å². The maximum atomic E-state index is 13.7. The van der Waals surface area contributed by atoms with Crippen LogP contribution in [0.2, 0.25) is 0 Å². The van der Waals surface area contributed by atoms with Crippen molar-refractivity contribution in [2.75, 3.05) is 13.1 Å². The molecule has 39 heavy (non-hydrogen) atoms. The van der Waals surface area contributed by atoms with Gasteiger partial charge in [0.1, 0.15) is 5.69 Å². The number of hydrogen-bond donors (Lipinski definition) is 0. The van der Waals surface area contributed by atoms with Crippen LogP contribution in [0.5, 0.6) is 0 Å². The monoisotopic (exact) mass is 520 g/mol. The second kappa shape index (κ2) is 10.1. The first-order chi connectivity index (χ1) is 18.9. The van der Waals surface area contributed by atoms with Gasteiger partial charge < -0.3 is 4.90 Å². The molecule has 0 unspecified atom stereocenters. The quantitative estimate of drug-likeness (QED) is 0.410. The van der Waals surface area contributed by atoms with Crippen molar-refractivity contribution < 1.29 is 4.79 Å². The first-order valence-electron chi connectivity index (χ1n) is 14.1. The van der Waals surface area contributed by atoms with Crippen molar-refractivity contribution in [3.63, 3.8) is 0 Å². The molecule has 2 aliphatic heterocycles. The van der Waals surface area contributed by atoms with Crippen LogP contribution in [0.25, 0.3) is 22.4 Å². The maximum Gasteiger partial charge on any atom is 0.246 e. The van der Waals surface area contributed by atoms with Gasteiger partial charge in [0.2, 0.25) is 5.91 Å². The number of amides is 1. The number of benzene rings is 1. The summed E-state index contributed by atoms with van der Waals surface area (Å²) in [6.07, 6.45) is 12.2. The minimum Gasteiger partial charge on any atom is -0.328 e. The highest BCUT2D eigenvalue weighted by molar-refractivity contribution is 5.89. The highest BCUT2D eigenvalue weighted by Crippen LogP contribution is 2.42. The minimum atomic E-state index is 0.0840. The standard InChI is InChI=1S/C32H36N6O/c1-22-7-8-25(18-26(22)19-33)31-30(24-11-14-34-15-12-24)28-20-37(27(23-9-10-23)21-38(28)35-31)29(39)6-4-16-36-17-5-13-32(36,2)3/h4,6-8,11-12,14-15,18,23,27H,5,9-10,13,16-17,20-21H2,1-3H3/b6-4+/t27-/m1/s1. The molecule has 7 nitrogen and oxygen atoms in total. The average Bonchev–Trinajstić information content (AvgIpc) is 3.64. The Morgan fingerprint density at radius 2 is 1.97 bits per heavy atom. The summed E-state index contributed by atoms with van der Waals surface area (Å²) in [6.45, 7) is 9.62. The van der Waals surface area contributed by atoms with E-state index in [1.54, 1.807) is 18.5 Å². The summed E-state index contributed by atoms with van der Waals surface area (Å²) in [7, 11) is 0. The van der Waals surface area contributed by atoms with E-state index >= 15 is 0 Å². The van der Waals surface area contributed by atoms with E-state index in [2.05, 4.69) is 45.5 Å². The van der Waals surface area contributed by atoms with Gasteiger partial charge in [-0.1, -0.05) is 18.2 Å². The fraction of sp³-hybridized carbons (Fsp3) is 0.438. The van der Waals surface area contributed by atoms with E-state index < -0.39 is 0 Å². The number of aryl methyl sites for hydroxylation is 1. The molecule has 4 heterocycles. The number of aromatic nitrogens is 3. The molecule has 1 saturated carbocycles. The molecular weight excluding hydrogens is 484 g/mol. The Balaban J connectivity index is 1.36. The molecule has 7 heteroatoms. The van der Waals surface area contributed by atoms with Gasteiger partial charge in [0.25, 0.3) is 0 Å². The average molecular weight is 521 g/mol. The third-order valence-corrected chi connectivity index (χ3v) is 8.85. The van der Waals surface area contributed by atoms with Crippen molar-refractivity contribution in [3.05, 3.63) is 71.7 Å². The van der Waals surface area contributed by atoms with Crippen LogP contribution in [0.4, 0.5) is 0 Å². The lowest BCUT2D eigenvalue weighted by Gasteiger charge is -2.36. The number of nitrogens with zero attached hydrogens (tertiary/aromatic N) is 6. The maximum absolute atomic E-state index is 13.7. The smallest absolute Gasteiger partial charge is 0.246 e. The highest BCUT2D eigenvalue weighted by atomic mass is 16.2. The Kier molecular flexibility index (Phi) is 6.60. The van der Waals surface area contributed by atoms with E-state index in [1.165, 1.54) is 12.8 Å². The molecule has 0 N–H and O–H groups in total. The van der Waals surface area contributed by atoms with Crippen molar-refractivity contribution in [2.45, 2.75) is 71.1 Å². The highest BCUT2D eigenvalue weighted by Gasteiger charge is 2.42. The van der Waals surface area contributed by atoms with Gasteiger partial charge >= 0.3 is 0 Å². The van der Waals surface area contributed by atoms with Gasteiger partial charge in [-0.05, 0) is 88.2 Å². The van der Waals surface area contributed by atoms with Gasteiger partial charge in [-0.2, -0.15) is 10.4 Å². The summed E-state index contributed by atoms with van der Waals surface area (Å²) in [4.78, 5) is 22.4. The summed E-state index contributed by atoms with van der Waals surface area (Å²) in [6, 6.07) is 12.4. The number of carbonyl (C=O) groups is 1. The van der Waals surface area contributed by atoms with E-state index in [1.807, 2.05) is 37.3 Å². The third-order valence-electron chi connectivity index (χ3n) is 8.85. The fourth-order valence-corrected chi connectivity index (χ4v) is 6.28. The van der Waals surface area contributed by atoms with Crippen LogP contribution in [0.1, 0.15) is 56.4 Å². The first kappa shape index (κ1) is 25.5. The minimum absolute atomic E-state index is 0.0840. The summed E-state index contributed by atoms with van der Waals surface area (Å²) in [5.41, 5.74) is 6.63. The zero-order valence-corrected chi connectivity index (χ0v) is 23.1. The van der Waals surface area contributed by atoms with Crippen molar-refractivity contribution in [3.8, 4) is 28.5 Å². The largest absolute Gasteiger partial charge is 0.328 e. The molecule has 1 aliphatic carbocycles. The molecule has 2 aromatic heterocycles. The number of rotatable bonds is 6. The first-order valence-corrected chi connectivity index (χ1v) is 14.1. The molecule has 2 fully saturated rings. The van der Waals surface area contributed by atoms with Crippen molar-refractivity contribution in [2.24, 2.45) is 5.92 Å².